The lowest BCUT2D eigenvalue weighted by atomic mass is 10.2. The molecule has 0 spiro atoms. The van der Waals surface area contributed by atoms with Gasteiger partial charge in [0, 0.05) is 23.3 Å². The molecule has 1 aromatic rings. The molecule has 0 aliphatic heterocycles. The molecule has 0 radical (unpaired) electrons. The third kappa shape index (κ3) is 4.84. The predicted octanol–water partition coefficient (Wildman–Crippen LogP) is 3.81. The summed E-state index contributed by atoms with van der Waals surface area (Å²) in [5.41, 5.74) is 0.568. The monoisotopic (exact) mass is 302 g/mol. The van der Waals surface area contributed by atoms with Gasteiger partial charge in [-0.15, -0.1) is 0 Å². The van der Waals surface area contributed by atoms with Gasteiger partial charge < -0.3 is 5.32 Å². The number of halogens is 1. The second kappa shape index (κ2) is 6.91. The number of amides is 1. The summed E-state index contributed by atoms with van der Waals surface area (Å²) < 4.78 is 16.7. The fourth-order valence-corrected chi connectivity index (χ4v) is 3.57. The van der Waals surface area contributed by atoms with Gasteiger partial charge in [-0.3, -0.25) is 4.79 Å². The minimum atomic E-state index is -2.95. The molecular weight excluding hydrogens is 284 g/mol. The van der Waals surface area contributed by atoms with Gasteiger partial charge in [0.05, 0.1) is 10.9 Å². The van der Waals surface area contributed by atoms with E-state index in [1.165, 1.54) is 6.92 Å². The SMILES string of the molecule is CCC(CC)N=S(=O)(Cl)c1cccc(NC(C)=O)c1. The van der Waals surface area contributed by atoms with Gasteiger partial charge in [0.2, 0.25) is 5.91 Å². The minimum Gasteiger partial charge on any atom is -0.326 e. The smallest absolute Gasteiger partial charge is 0.221 e. The number of anilines is 1. The first kappa shape index (κ1) is 16.0. The van der Waals surface area contributed by atoms with Crippen LogP contribution in [0.15, 0.2) is 33.5 Å². The number of nitrogens with one attached hydrogen (secondary N) is 1. The van der Waals surface area contributed by atoms with E-state index in [1.54, 1.807) is 24.3 Å². The predicted molar refractivity (Wildman–Crippen MR) is 79.8 cm³/mol. The summed E-state index contributed by atoms with van der Waals surface area (Å²) >= 11 is 0. The van der Waals surface area contributed by atoms with Crippen molar-refractivity contribution in [2.45, 2.75) is 44.6 Å². The highest BCUT2D eigenvalue weighted by atomic mass is 35.7. The first-order chi connectivity index (χ1) is 8.89. The highest BCUT2D eigenvalue weighted by Gasteiger charge is 2.12. The number of benzene rings is 1. The van der Waals surface area contributed by atoms with E-state index >= 15 is 0 Å². The van der Waals surface area contributed by atoms with Gasteiger partial charge in [0.15, 0.2) is 8.94 Å². The third-order valence-corrected chi connectivity index (χ3v) is 4.85. The zero-order chi connectivity index (χ0) is 14.5. The largest absolute Gasteiger partial charge is 0.326 e. The first-order valence-electron chi connectivity index (χ1n) is 6.22. The van der Waals surface area contributed by atoms with E-state index in [2.05, 4.69) is 9.68 Å². The van der Waals surface area contributed by atoms with E-state index in [0.717, 1.165) is 12.8 Å². The van der Waals surface area contributed by atoms with Crippen LogP contribution in [0.2, 0.25) is 0 Å². The van der Waals surface area contributed by atoms with E-state index in [9.17, 15) is 9.00 Å². The number of rotatable bonds is 5. The van der Waals surface area contributed by atoms with Crippen molar-refractivity contribution in [3.05, 3.63) is 24.3 Å². The Labute approximate surface area is 119 Å². The molecule has 0 saturated carbocycles. The maximum absolute atomic E-state index is 12.4. The number of nitrogens with zero attached hydrogens (tertiary/aromatic N) is 1. The van der Waals surface area contributed by atoms with Crippen LogP contribution in [0.3, 0.4) is 0 Å². The summed E-state index contributed by atoms with van der Waals surface area (Å²) in [7, 11) is 3.12. The Morgan fingerprint density at radius 1 is 1.42 bits per heavy atom. The molecule has 1 N–H and O–H groups in total. The van der Waals surface area contributed by atoms with Crippen LogP contribution in [0.25, 0.3) is 0 Å². The highest BCUT2D eigenvalue weighted by molar-refractivity contribution is 8.15. The van der Waals surface area contributed by atoms with E-state index in [0.29, 0.717) is 10.6 Å². The maximum atomic E-state index is 12.4. The Hall–Kier alpha value is -1.07. The van der Waals surface area contributed by atoms with Crippen LogP contribution in [0.4, 0.5) is 5.69 Å². The molecule has 19 heavy (non-hydrogen) atoms. The van der Waals surface area contributed by atoms with Crippen molar-refractivity contribution in [3.8, 4) is 0 Å². The fraction of sp³-hybridized carbons (Fsp3) is 0.462. The van der Waals surface area contributed by atoms with E-state index in [4.69, 9.17) is 10.7 Å². The second-order valence-electron chi connectivity index (χ2n) is 4.24. The lowest BCUT2D eigenvalue weighted by Gasteiger charge is -2.10. The van der Waals surface area contributed by atoms with Gasteiger partial charge in [-0.1, -0.05) is 19.9 Å². The summed E-state index contributed by atoms with van der Waals surface area (Å²) in [5, 5.41) is 2.63. The molecule has 0 bridgehead atoms. The molecule has 0 saturated heterocycles. The van der Waals surface area contributed by atoms with Gasteiger partial charge in [0.25, 0.3) is 0 Å². The van der Waals surface area contributed by atoms with Crippen LogP contribution >= 0.6 is 10.7 Å². The van der Waals surface area contributed by atoms with E-state index in [-0.39, 0.29) is 11.9 Å². The summed E-state index contributed by atoms with van der Waals surface area (Å²) in [5.74, 6) is -0.185. The topological polar surface area (TPSA) is 58.5 Å². The Morgan fingerprint density at radius 3 is 2.58 bits per heavy atom. The quantitative estimate of drug-likeness (QED) is 0.841. The molecule has 0 aliphatic carbocycles. The van der Waals surface area contributed by atoms with Crippen LogP contribution in [0.5, 0.6) is 0 Å². The van der Waals surface area contributed by atoms with Crippen molar-refractivity contribution in [2.24, 2.45) is 4.36 Å². The molecule has 0 aromatic heterocycles. The number of hydrogen-bond donors (Lipinski definition) is 1. The van der Waals surface area contributed by atoms with Gasteiger partial charge in [-0.25, -0.2) is 8.57 Å². The molecular formula is C13H19ClN2O2S. The normalized spacial score (nSPS) is 13.9. The van der Waals surface area contributed by atoms with Crippen LogP contribution in [0, 0.1) is 0 Å². The van der Waals surface area contributed by atoms with Crippen LogP contribution in [-0.2, 0) is 13.7 Å². The van der Waals surface area contributed by atoms with Crippen LogP contribution in [0.1, 0.15) is 33.6 Å². The molecule has 1 aromatic carbocycles. The Balaban J connectivity index is 3.14. The Bertz CT molecular complexity index is 562. The molecule has 0 heterocycles. The van der Waals surface area contributed by atoms with Crippen molar-refractivity contribution >= 4 is 31.2 Å². The number of hydrogen-bond acceptors (Lipinski definition) is 3. The van der Waals surface area contributed by atoms with Crippen molar-refractivity contribution in [1.82, 2.24) is 0 Å². The Kier molecular flexibility index (Phi) is 5.82. The molecule has 0 fully saturated rings. The average Bonchev–Trinajstić information content (AvgIpc) is 2.35. The van der Waals surface area contributed by atoms with Gasteiger partial charge >= 0.3 is 0 Å². The van der Waals surface area contributed by atoms with Gasteiger partial charge in [-0.05, 0) is 31.0 Å². The molecule has 6 heteroatoms. The zero-order valence-electron chi connectivity index (χ0n) is 11.4. The van der Waals surface area contributed by atoms with Gasteiger partial charge in [-0.2, -0.15) is 0 Å². The zero-order valence-corrected chi connectivity index (χ0v) is 12.9. The summed E-state index contributed by atoms with van der Waals surface area (Å²) in [6.07, 6.45) is 1.59. The highest BCUT2D eigenvalue weighted by Crippen LogP contribution is 2.23. The van der Waals surface area contributed by atoms with Crippen molar-refractivity contribution in [2.75, 3.05) is 5.32 Å². The number of carbonyl (C=O) groups excluding carboxylic acids is 1. The average molecular weight is 303 g/mol. The van der Waals surface area contributed by atoms with Gasteiger partial charge in [0.1, 0.15) is 0 Å². The fourth-order valence-electron chi connectivity index (χ4n) is 1.62. The van der Waals surface area contributed by atoms with E-state index < -0.39 is 8.94 Å². The Morgan fingerprint density at radius 2 is 2.05 bits per heavy atom. The summed E-state index contributed by atoms with van der Waals surface area (Å²) in [6, 6.07) is 6.66. The van der Waals surface area contributed by atoms with Crippen LogP contribution in [-0.4, -0.2) is 16.2 Å². The molecule has 1 rings (SSSR count). The van der Waals surface area contributed by atoms with Crippen LogP contribution < -0.4 is 5.32 Å². The molecule has 1 amide bonds. The summed E-state index contributed by atoms with van der Waals surface area (Å²) in [6.45, 7) is 5.38. The molecule has 106 valence electrons. The van der Waals surface area contributed by atoms with Crippen molar-refractivity contribution < 1.29 is 9.00 Å². The maximum Gasteiger partial charge on any atom is 0.221 e. The van der Waals surface area contributed by atoms with Crippen molar-refractivity contribution in [1.29, 1.82) is 0 Å². The third-order valence-electron chi connectivity index (χ3n) is 2.67. The molecule has 1 unspecified atom stereocenters. The second-order valence-corrected chi connectivity index (χ2v) is 7.10. The first-order valence-corrected chi connectivity index (χ1v) is 8.56. The molecule has 1 atom stereocenters. The van der Waals surface area contributed by atoms with Crippen molar-refractivity contribution in [3.63, 3.8) is 0 Å². The lowest BCUT2D eigenvalue weighted by molar-refractivity contribution is -0.114. The minimum absolute atomic E-state index is 0.0191. The molecule has 0 aliphatic rings. The summed E-state index contributed by atoms with van der Waals surface area (Å²) in [4.78, 5) is 11.4. The number of carbonyl (C=O) groups is 1. The molecule has 4 nitrogen and oxygen atoms in total. The van der Waals surface area contributed by atoms with E-state index in [1.807, 2.05) is 13.8 Å². The lowest BCUT2D eigenvalue weighted by Crippen LogP contribution is -2.07. The standard InChI is InChI=1S/C13H19ClN2O2S/c1-4-11(5-2)16-19(14,18)13-8-6-7-12(9-13)15-10(3)17/h6-9,11H,4-5H2,1-3H3,(H,15,17).